The molecule has 1 rings (SSSR count). The lowest BCUT2D eigenvalue weighted by atomic mass is 10.1. The first-order valence-electron chi connectivity index (χ1n) is 7.71. The highest BCUT2D eigenvalue weighted by Gasteiger charge is 2.13. The largest absolute Gasteiger partial charge is 0.357 e. The monoisotopic (exact) mass is 308 g/mol. The third-order valence-electron chi connectivity index (χ3n) is 2.66. The fourth-order valence-corrected chi connectivity index (χ4v) is 1.83. The van der Waals surface area contributed by atoms with E-state index in [-0.39, 0.29) is 18.0 Å². The third-order valence-corrected chi connectivity index (χ3v) is 2.66. The van der Waals surface area contributed by atoms with Crippen molar-refractivity contribution in [2.75, 3.05) is 19.6 Å². The summed E-state index contributed by atoms with van der Waals surface area (Å²) in [5.74, 6) is 0.577. The maximum atomic E-state index is 11.8. The van der Waals surface area contributed by atoms with E-state index in [9.17, 15) is 4.79 Å². The Morgan fingerprint density at radius 1 is 1.32 bits per heavy atom. The molecule has 0 unspecified atom stereocenters. The summed E-state index contributed by atoms with van der Waals surface area (Å²) in [6.07, 6.45) is 4.64. The van der Waals surface area contributed by atoms with Gasteiger partial charge in [-0.05, 0) is 40.2 Å². The second kappa shape index (κ2) is 9.07. The fraction of sp³-hybridized carbons (Fsp3) is 0.667. The summed E-state index contributed by atoms with van der Waals surface area (Å²) in [6, 6.07) is 1.91. The van der Waals surface area contributed by atoms with Crippen LogP contribution < -0.4 is 16.0 Å². The Labute approximate surface area is 132 Å². The van der Waals surface area contributed by atoms with Gasteiger partial charge in [-0.2, -0.15) is 5.10 Å². The minimum atomic E-state index is -0.234. The molecule has 22 heavy (non-hydrogen) atoms. The molecule has 0 fully saturated rings. The van der Waals surface area contributed by atoms with Gasteiger partial charge < -0.3 is 16.0 Å². The number of rotatable bonds is 7. The Kier molecular flexibility index (Phi) is 7.42. The fourth-order valence-electron chi connectivity index (χ4n) is 1.83. The molecule has 0 aliphatic heterocycles. The van der Waals surface area contributed by atoms with E-state index in [1.807, 2.05) is 44.6 Å². The molecule has 0 bridgehead atoms. The summed E-state index contributed by atoms with van der Waals surface area (Å²) in [5.41, 5.74) is -0.234. The first kappa shape index (κ1) is 18.0. The smallest absolute Gasteiger partial charge is 0.242 e. The van der Waals surface area contributed by atoms with Crippen molar-refractivity contribution in [2.45, 2.75) is 46.2 Å². The number of aryl methyl sites for hydroxylation is 1. The number of hydrogen-bond donors (Lipinski definition) is 3. The Morgan fingerprint density at radius 3 is 2.68 bits per heavy atom. The lowest BCUT2D eigenvalue weighted by Gasteiger charge is -2.20. The predicted molar refractivity (Wildman–Crippen MR) is 88.7 cm³/mol. The van der Waals surface area contributed by atoms with Gasteiger partial charge in [0.2, 0.25) is 5.91 Å². The lowest BCUT2D eigenvalue weighted by Crippen LogP contribution is -2.43. The van der Waals surface area contributed by atoms with Crippen LogP contribution in [-0.4, -0.2) is 46.8 Å². The van der Waals surface area contributed by atoms with E-state index < -0.39 is 0 Å². The number of aliphatic imine (C=N–C) groups is 1. The van der Waals surface area contributed by atoms with Crippen LogP contribution in [0.5, 0.6) is 0 Å². The molecule has 3 N–H and O–H groups in total. The Hall–Kier alpha value is -2.05. The number of nitrogens with zero attached hydrogens (tertiary/aromatic N) is 3. The Morgan fingerprint density at radius 2 is 2.09 bits per heavy atom. The van der Waals surface area contributed by atoms with E-state index in [0.29, 0.717) is 5.96 Å². The Balaban J connectivity index is 2.33. The maximum Gasteiger partial charge on any atom is 0.242 e. The van der Waals surface area contributed by atoms with Crippen molar-refractivity contribution in [3.63, 3.8) is 0 Å². The van der Waals surface area contributed by atoms with Crippen LogP contribution >= 0.6 is 0 Å². The van der Waals surface area contributed by atoms with Crippen LogP contribution in [0.25, 0.3) is 0 Å². The van der Waals surface area contributed by atoms with Gasteiger partial charge in [-0.1, -0.05) is 0 Å². The van der Waals surface area contributed by atoms with Crippen LogP contribution in [0.1, 0.15) is 34.1 Å². The van der Waals surface area contributed by atoms with Crippen molar-refractivity contribution in [3.05, 3.63) is 18.5 Å². The normalized spacial score (nSPS) is 12.1. The van der Waals surface area contributed by atoms with E-state index in [4.69, 9.17) is 0 Å². The zero-order valence-corrected chi connectivity index (χ0v) is 14.0. The first-order valence-corrected chi connectivity index (χ1v) is 7.71. The van der Waals surface area contributed by atoms with Crippen LogP contribution in [0.4, 0.5) is 0 Å². The summed E-state index contributed by atoms with van der Waals surface area (Å²) in [5, 5.41) is 13.4. The van der Waals surface area contributed by atoms with Gasteiger partial charge in [-0.25, -0.2) is 4.99 Å². The van der Waals surface area contributed by atoms with Crippen LogP contribution in [0.3, 0.4) is 0 Å². The van der Waals surface area contributed by atoms with E-state index in [0.717, 1.165) is 26.1 Å². The van der Waals surface area contributed by atoms with Gasteiger partial charge in [0.15, 0.2) is 5.96 Å². The molecule has 1 amide bonds. The lowest BCUT2D eigenvalue weighted by molar-refractivity contribution is -0.121. The van der Waals surface area contributed by atoms with E-state index in [2.05, 4.69) is 26.0 Å². The molecular weight excluding hydrogens is 280 g/mol. The number of nitrogens with one attached hydrogen (secondary N) is 3. The van der Waals surface area contributed by atoms with Crippen molar-refractivity contribution in [3.8, 4) is 0 Å². The summed E-state index contributed by atoms with van der Waals surface area (Å²) in [7, 11) is 0. The molecule has 0 atom stereocenters. The minimum Gasteiger partial charge on any atom is -0.357 e. The molecule has 1 aromatic heterocycles. The average molecular weight is 308 g/mol. The van der Waals surface area contributed by atoms with Gasteiger partial charge in [0.25, 0.3) is 0 Å². The zero-order valence-electron chi connectivity index (χ0n) is 14.0. The van der Waals surface area contributed by atoms with Crippen molar-refractivity contribution < 1.29 is 4.79 Å². The molecule has 1 heterocycles. The van der Waals surface area contributed by atoms with Gasteiger partial charge in [0.05, 0.1) is 0 Å². The number of carbonyl (C=O) groups excluding carboxylic acids is 1. The Bertz CT molecular complexity index is 461. The molecule has 0 spiro atoms. The number of carbonyl (C=O) groups is 1. The number of guanidine groups is 1. The van der Waals surface area contributed by atoms with Crippen LogP contribution in [0.2, 0.25) is 0 Å². The van der Waals surface area contributed by atoms with E-state index >= 15 is 0 Å². The highest BCUT2D eigenvalue weighted by Crippen LogP contribution is 1.97. The van der Waals surface area contributed by atoms with Crippen LogP contribution in [0.15, 0.2) is 23.5 Å². The van der Waals surface area contributed by atoms with Crippen molar-refractivity contribution in [1.29, 1.82) is 0 Å². The van der Waals surface area contributed by atoms with Crippen molar-refractivity contribution in [1.82, 2.24) is 25.7 Å². The molecule has 0 saturated heterocycles. The average Bonchev–Trinajstić information content (AvgIpc) is 2.92. The highest BCUT2D eigenvalue weighted by molar-refractivity contribution is 5.85. The topological polar surface area (TPSA) is 83.3 Å². The first-order chi connectivity index (χ1) is 10.4. The van der Waals surface area contributed by atoms with Gasteiger partial charge in [-0.3, -0.25) is 9.48 Å². The SMILES string of the molecule is CCNC(=NCC(=O)NC(C)(C)C)NCCCn1cccn1. The summed E-state index contributed by atoms with van der Waals surface area (Å²) in [4.78, 5) is 16.1. The van der Waals surface area contributed by atoms with Gasteiger partial charge in [0, 0.05) is 37.6 Å². The van der Waals surface area contributed by atoms with Gasteiger partial charge in [-0.15, -0.1) is 0 Å². The second-order valence-electron chi connectivity index (χ2n) is 6.04. The number of hydrogen-bond acceptors (Lipinski definition) is 3. The van der Waals surface area contributed by atoms with Crippen LogP contribution in [0, 0.1) is 0 Å². The summed E-state index contributed by atoms with van der Waals surface area (Å²) < 4.78 is 1.89. The molecule has 124 valence electrons. The number of amides is 1. The van der Waals surface area contributed by atoms with Gasteiger partial charge in [0.1, 0.15) is 6.54 Å². The van der Waals surface area contributed by atoms with Crippen molar-refractivity contribution in [2.24, 2.45) is 4.99 Å². The van der Waals surface area contributed by atoms with E-state index in [1.54, 1.807) is 6.20 Å². The molecular formula is C15H28N6O. The molecule has 0 aliphatic rings. The van der Waals surface area contributed by atoms with E-state index in [1.165, 1.54) is 0 Å². The minimum absolute atomic E-state index is 0.0822. The molecule has 7 heteroatoms. The molecule has 0 aromatic carbocycles. The summed E-state index contributed by atoms with van der Waals surface area (Å²) >= 11 is 0. The van der Waals surface area contributed by atoms with Crippen LogP contribution in [-0.2, 0) is 11.3 Å². The third kappa shape index (κ3) is 8.28. The maximum absolute atomic E-state index is 11.8. The molecule has 0 aliphatic carbocycles. The van der Waals surface area contributed by atoms with Gasteiger partial charge >= 0.3 is 0 Å². The zero-order chi connectivity index (χ0) is 16.4. The molecule has 0 saturated carbocycles. The highest BCUT2D eigenvalue weighted by atomic mass is 16.2. The van der Waals surface area contributed by atoms with Crippen molar-refractivity contribution >= 4 is 11.9 Å². The second-order valence-corrected chi connectivity index (χ2v) is 6.04. The quantitative estimate of drug-likeness (QED) is 0.394. The molecule has 1 aromatic rings. The molecule has 7 nitrogen and oxygen atoms in total. The predicted octanol–water partition coefficient (Wildman–Crippen LogP) is 0.743. The summed E-state index contributed by atoms with van der Waals surface area (Å²) in [6.45, 7) is 10.3. The standard InChI is InChI=1S/C15H28N6O/c1-5-16-14(18-12-13(22)20-15(2,3)4)17-8-6-10-21-11-7-9-19-21/h7,9,11H,5-6,8,10,12H2,1-4H3,(H,20,22)(H2,16,17,18). The molecule has 0 radical (unpaired) electrons. The number of aromatic nitrogens is 2.